The van der Waals surface area contributed by atoms with E-state index in [1.807, 2.05) is 30.3 Å². The van der Waals surface area contributed by atoms with Crippen LogP contribution in [0.5, 0.6) is 0 Å². The number of nitrogens with zero attached hydrogens (tertiary/aromatic N) is 1. The van der Waals surface area contributed by atoms with Gasteiger partial charge in [-0.3, -0.25) is 9.59 Å². The minimum Gasteiger partial charge on any atom is -0.467 e. The number of rotatable bonds is 3. The van der Waals surface area contributed by atoms with Crippen LogP contribution < -0.4 is 5.32 Å². The van der Waals surface area contributed by atoms with Crippen LogP contribution >= 0.6 is 11.8 Å². The molecule has 3 heterocycles. The van der Waals surface area contributed by atoms with Crippen LogP contribution in [0.15, 0.2) is 47.1 Å². The molecule has 4 rings (SSSR count). The van der Waals surface area contributed by atoms with Crippen LogP contribution in [-0.4, -0.2) is 28.5 Å². The quantitative estimate of drug-likeness (QED) is 0.943. The average molecular weight is 314 g/mol. The SMILES string of the molecule is O=C(NCc1ccco1)[C@H]1CS[C@H]2c3ccccc3C(=O)N12. The van der Waals surface area contributed by atoms with Crippen molar-refractivity contribution >= 4 is 23.6 Å². The maximum Gasteiger partial charge on any atom is 0.256 e. The number of nitrogens with one attached hydrogen (secondary N) is 1. The van der Waals surface area contributed by atoms with Gasteiger partial charge in [-0.15, -0.1) is 11.8 Å². The molecule has 0 spiro atoms. The Morgan fingerprint density at radius 2 is 2.18 bits per heavy atom. The number of hydrogen-bond donors (Lipinski definition) is 1. The highest BCUT2D eigenvalue weighted by Crippen LogP contribution is 2.47. The third-order valence-electron chi connectivity index (χ3n) is 4.01. The first-order valence-electron chi connectivity index (χ1n) is 7.09. The highest BCUT2D eigenvalue weighted by atomic mass is 32.2. The van der Waals surface area contributed by atoms with Crippen LogP contribution in [-0.2, 0) is 11.3 Å². The van der Waals surface area contributed by atoms with Crippen LogP contribution in [0.2, 0.25) is 0 Å². The minimum atomic E-state index is -0.426. The van der Waals surface area contributed by atoms with E-state index >= 15 is 0 Å². The molecule has 1 fully saturated rings. The molecule has 0 saturated carbocycles. The molecule has 2 atom stereocenters. The molecule has 0 unspecified atom stereocenters. The maximum atomic E-state index is 12.5. The maximum absolute atomic E-state index is 12.5. The van der Waals surface area contributed by atoms with Gasteiger partial charge in [0.05, 0.1) is 12.8 Å². The molecule has 2 aliphatic rings. The molecule has 112 valence electrons. The van der Waals surface area contributed by atoms with Crippen LogP contribution in [0.4, 0.5) is 0 Å². The molecular formula is C16H14N2O3S. The second kappa shape index (κ2) is 5.21. The standard InChI is InChI=1S/C16H14N2O3S/c19-14(17-8-10-4-3-7-21-10)13-9-22-16-12-6-2-1-5-11(12)15(20)18(13)16/h1-7,13,16H,8-9H2,(H,17,19)/t13-,16+/m1/s1. The van der Waals surface area contributed by atoms with E-state index in [1.165, 1.54) is 0 Å². The van der Waals surface area contributed by atoms with Gasteiger partial charge in [0.25, 0.3) is 5.91 Å². The molecule has 0 aliphatic carbocycles. The largest absolute Gasteiger partial charge is 0.467 e. The van der Waals surface area contributed by atoms with Gasteiger partial charge in [0.1, 0.15) is 17.2 Å². The van der Waals surface area contributed by atoms with Crippen LogP contribution in [0.1, 0.15) is 27.1 Å². The normalized spacial score (nSPS) is 22.5. The Kier molecular flexibility index (Phi) is 3.18. The Labute approximate surface area is 131 Å². The van der Waals surface area contributed by atoms with E-state index < -0.39 is 6.04 Å². The number of benzene rings is 1. The van der Waals surface area contributed by atoms with E-state index in [0.29, 0.717) is 23.6 Å². The van der Waals surface area contributed by atoms with Gasteiger partial charge >= 0.3 is 0 Å². The molecule has 2 aromatic rings. The monoisotopic (exact) mass is 314 g/mol. The summed E-state index contributed by atoms with van der Waals surface area (Å²) in [4.78, 5) is 26.7. The molecular weight excluding hydrogens is 300 g/mol. The van der Waals surface area contributed by atoms with Crippen molar-refractivity contribution in [2.75, 3.05) is 5.75 Å². The lowest BCUT2D eigenvalue weighted by Crippen LogP contribution is -2.45. The summed E-state index contributed by atoms with van der Waals surface area (Å²) in [5, 5.41) is 2.81. The van der Waals surface area contributed by atoms with E-state index in [2.05, 4.69) is 5.32 Å². The molecule has 1 N–H and O–H groups in total. The van der Waals surface area contributed by atoms with E-state index in [1.54, 1.807) is 29.0 Å². The number of hydrogen-bond acceptors (Lipinski definition) is 4. The molecule has 0 bridgehead atoms. The molecule has 6 heteroatoms. The van der Waals surface area contributed by atoms with E-state index in [0.717, 1.165) is 5.56 Å². The van der Waals surface area contributed by atoms with Crippen molar-refractivity contribution in [3.05, 3.63) is 59.5 Å². The topological polar surface area (TPSA) is 62.6 Å². The van der Waals surface area contributed by atoms with Crippen molar-refractivity contribution < 1.29 is 14.0 Å². The molecule has 5 nitrogen and oxygen atoms in total. The second-order valence-corrected chi connectivity index (χ2v) is 6.41. The van der Waals surface area contributed by atoms with Crippen LogP contribution in [0, 0.1) is 0 Å². The Balaban J connectivity index is 1.51. The third kappa shape index (κ3) is 2.02. The first-order valence-corrected chi connectivity index (χ1v) is 8.14. The second-order valence-electron chi connectivity index (χ2n) is 5.30. The first-order chi connectivity index (χ1) is 10.8. The summed E-state index contributed by atoms with van der Waals surface area (Å²) < 4.78 is 5.20. The number of fused-ring (bicyclic) bond motifs is 3. The minimum absolute atomic E-state index is 0.0388. The van der Waals surface area contributed by atoms with Gasteiger partial charge in [-0.25, -0.2) is 0 Å². The highest BCUT2D eigenvalue weighted by molar-refractivity contribution is 7.99. The Morgan fingerprint density at radius 1 is 1.32 bits per heavy atom. The Hall–Kier alpha value is -2.21. The van der Waals surface area contributed by atoms with Crippen molar-refractivity contribution in [1.82, 2.24) is 10.2 Å². The molecule has 1 saturated heterocycles. The zero-order valence-corrected chi connectivity index (χ0v) is 12.5. The number of carbonyl (C=O) groups is 2. The predicted octanol–water partition coefficient (Wildman–Crippen LogP) is 2.17. The molecule has 0 radical (unpaired) electrons. The van der Waals surface area contributed by atoms with Crippen molar-refractivity contribution in [1.29, 1.82) is 0 Å². The summed E-state index contributed by atoms with van der Waals surface area (Å²) in [6.45, 7) is 0.340. The lowest BCUT2D eigenvalue weighted by atomic mass is 10.1. The lowest BCUT2D eigenvalue weighted by Gasteiger charge is -2.22. The number of furan rings is 1. The first kappa shape index (κ1) is 13.5. The summed E-state index contributed by atoms with van der Waals surface area (Å²) in [5.41, 5.74) is 1.72. The zero-order chi connectivity index (χ0) is 15.1. The molecule has 1 aromatic heterocycles. The Morgan fingerprint density at radius 3 is 3.00 bits per heavy atom. The predicted molar refractivity (Wildman–Crippen MR) is 82.2 cm³/mol. The summed E-state index contributed by atoms with van der Waals surface area (Å²) >= 11 is 1.64. The van der Waals surface area contributed by atoms with Crippen molar-refractivity contribution in [3.63, 3.8) is 0 Å². The Bertz CT molecular complexity index is 729. The van der Waals surface area contributed by atoms with Crippen LogP contribution in [0.25, 0.3) is 0 Å². The smallest absolute Gasteiger partial charge is 0.256 e. The third-order valence-corrected chi connectivity index (χ3v) is 5.32. The summed E-state index contributed by atoms with van der Waals surface area (Å²) in [6, 6.07) is 10.7. The lowest BCUT2D eigenvalue weighted by molar-refractivity contribution is -0.125. The summed E-state index contributed by atoms with van der Waals surface area (Å²) in [7, 11) is 0. The molecule has 2 amide bonds. The highest BCUT2D eigenvalue weighted by Gasteiger charge is 2.48. The van der Waals surface area contributed by atoms with Gasteiger partial charge in [-0.05, 0) is 23.8 Å². The van der Waals surface area contributed by atoms with Crippen molar-refractivity contribution in [2.45, 2.75) is 18.0 Å². The fourth-order valence-corrected chi connectivity index (χ4v) is 4.41. The van der Waals surface area contributed by atoms with E-state index in [-0.39, 0.29) is 17.2 Å². The molecule has 22 heavy (non-hydrogen) atoms. The van der Waals surface area contributed by atoms with Gasteiger partial charge in [0, 0.05) is 11.3 Å². The van der Waals surface area contributed by atoms with Crippen molar-refractivity contribution in [3.8, 4) is 0 Å². The number of amides is 2. The van der Waals surface area contributed by atoms with Crippen LogP contribution in [0.3, 0.4) is 0 Å². The summed E-state index contributed by atoms with van der Waals surface area (Å²) in [5.74, 6) is 1.14. The van der Waals surface area contributed by atoms with Gasteiger partial charge in [0.15, 0.2) is 0 Å². The zero-order valence-electron chi connectivity index (χ0n) is 11.7. The van der Waals surface area contributed by atoms with Gasteiger partial charge in [-0.1, -0.05) is 18.2 Å². The number of thioether (sulfide) groups is 1. The fraction of sp³-hybridized carbons (Fsp3) is 0.250. The van der Waals surface area contributed by atoms with Gasteiger partial charge in [-0.2, -0.15) is 0 Å². The van der Waals surface area contributed by atoms with E-state index in [4.69, 9.17) is 4.42 Å². The van der Waals surface area contributed by atoms with Gasteiger partial charge < -0.3 is 14.6 Å². The molecule has 2 aliphatic heterocycles. The molecule has 1 aromatic carbocycles. The fourth-order valence-electron chi connectivity index (χ4n) is 2.95. The summed E-state index contributed by atoms with van der Waals surface area (Å²) in [6.07, 6.45) is 1.57. The van der Waals surface area contributed by atoms with Crippen molar-refractivity contribution in [2.24, 2.45) is 0 Å². The van der Waals surface area contributed by atoms with Gasteiger partial charge in [0.2, 0.25) is 5.91 Å². The van der Waals surface area contributed by atoms with E-state index in [9.17, 15) is 9.59 Å². The average Bonchev–Trinajstić information content (AvgIpc) is 3.25. The number of carbonyl (C=O) groups excluding carboxylic acids is 2.